The van der Waals surface area contributed by atoms with Crippen LogP contribution in [0.3, 0.4) is 0 Å². The third-order valence-corrected chi connectivity index (χ3v) is 27.3. The number of hydrogen-bond donors (Lipinski definition) is 1. The normalized spacial score (nSPS) is 24.4. The topological polar surface area (TPSA) is 15.3 Å². The zero-order chi connectivity index (χ0) is 63.9. The Balaban J connectivity index is 0.000000110. The highest BCUT2D eigenvalue weighted by Gasteiger charge is 2.63. The van der Waals surface area contributed by atoms with E-state index in [2.05, 4.69) is 283 Å². The molecule has 0 atom stereocenters. The van der Waals surface area contributed by atoms with Crippen LogP contribution in [0.4, 0.5) is 28.4 Å². The van der Waals surface area contributed by atoms with Crippen molar-refractivity contribution in [3.8, 4) is 44.5 Å². The van der Waals surface area contributed by atoms with Crippen molar-refractivity contribution in [2.45, 2.75) is 75.0 Å². The first-order chi connectivity index (χ1) is 47.9. The number of hydrogen-bond acceptors (Lipinski definition) is 4. The van der Waals surface area contributed by atoms with Crippen LogP contribution in [0.1, 0.15) is 86.5 Å². The molecule has 2 heterocycles. The van der Waals surface area contributed by atoms with E-state index in [9.17, 15) is 0 Å². The SMILES string of the molecule is Clc1ccc2c(c1)C1(c3ccccc3-2)C2CC3CC(C2)CC1C3.c1ccc(-c2ccc(N(c3ccc4c(c3)C3(c5ccccc5-4)C4CC5CC(C4)CC3C5)c3ccc4c(c3)sc3ccccc34)cc2)cc1.c1ccc(-c2ccc(Nc3ccc4c(c3)sc3ccccc34)cc2)cc1. The van der Waals surface area contributed by atoms with Crippen LogP contribution in [0.5, 0.6) is 0 Å². The highest BCUT2D eigenvalue weighted by Crippen LogP contribution is 2.71. The molecule has 97 heavy (non-hydrogen) atoms. The van der Waals surface area contributed by atoms with Gasteiger partial charge in [0.2, 0.25) is 0 Å². The molecule has 12 aromatic carbocycles. The van der Waals surface area contributed by atoms with Crippen molar-refractivity contribution in [2.24, 2.45) is 47.3 Å². The molecular formula is C92H75ClN2S2. The molecule has 472 valence electrons. The lowest BCUT2D eigenvalue weighted by Gasteiger charge is -2.61. The van der Waals surface area contributed by atoms with Crippen LogP contribution < -0.4 is 10.2 Å². The number of thiophene rings is 2. The maximum atomic E-state index is 6.46. The van der Waals surface area contributed by atoms with Gasteiger partial charge in [-0.2, -0.15) is 0 Å². The number of benzene rings is 12. The summed E-state index contributed by atoms with van der Waals surface area (Å²) in [5.41, 5.74) is 23.6. The number of nitrogens with zero attached hydrogens (tertiary/aromatic N) is 1. The maximum Gasteiger partial charge on any atom is 0.0476 e. The Morgan fingerprint density at radius 1 is 0.289 bits per heavy atom. The molecule has 2 aromatic heterocycles. The molecule has 8 saturated carbocycles. The van der Waals surface area contributed by atoms with Crippen LogP contribution in [0.2, 0.25) is 5.02 Å². The lowest BCUT2D eigenvalue weighted by molar-refractivity contribution is -0.0399. The van der Waals surface area contributed by atoms with Gasteiger partial charge in [-0.3, -0.25) is 0 Å². The summed E-state index contributed by atoms with van der Waals surface area (Å²) in [6.45, 7) is 0. The van der Waals surface area contributed by atoms with Gasteiger partial charge in [-0.25, -0.2) is 0 Å². The summed E-state index contributed by atoms with van der Waals surface area (Å²) in [7, 11) is 0. The van der Waals surface area contributed by atoms with E-state index in [1.807, 2.05) is 28.7 Å². The molecule has 8 fully saturated rings. The Labute approximate surface area is 582 Å². The zero-order valence-electron chi connectivity index (χ0n) is 54.4. The predicted octanol–water partition coefficient (Wildman–Crippen LogP) is 26.4. The number of fused-ring (bicyclic) bond motifs is 12. The van der Waals surface area contributed by atoms with E-state index < -0.39 is 0 Å². The fourth-order valence-electron chi connectivity index (χ4n) is 21.5. The first-order valence-electron chi connectivity index (χ1n) is 35.7. The average molecular weight is 1310 g/mol. The third-order valence-electron chi connectivity index (χ3n) is 24.8. The van der Waals surface area contributed by atoms with Crippen LogP contribution in [0.15, 0.2) is 279 Å². The Kier molecular flexibility index (Phi) is 13.8. The summed E-state index contributed by atoms with van der Waals surface area (Å²) in [6.07, 6.45) is 14.3. The molecule has 0 saturated heterocycles. The molecule has 0 amide bonds. The minimum atomic E-state index is 0.146. The molecule has 0 aliphatic heterocycles. The van der Waals surface area contributed by atoms with E-state index in [1.54, 1.807) is 22.3 Å². The van der Waals surface area contributed by atoms with Gasteiger partial charge in [0, 0.05) is 84.6 Å². The van der Waals surface area contributed by atoms with Crippen LogP contribution in [-0.2, 0) is 10.8 Å². The van der Waals surface area contributed by atoms with E-state index in [0.29, 0.717) is 0 Å². The maximum absolute atomic E-state index is 6.46. The van der Waals surface area contributed by atoms with Crippen molar-refractivity contribution >= 4 is 103 Å². The molecule has 10 aliphatic rings. The van der Waals surface area contributed by atoms with Gasteiger partial charge in [-0.05, 0) is 263 Å². The standard InChI is InChI=1S/C46H37NS.C24H17NS.C22H21Cl/c1-2-8-31(9-3-1)32-14-16-35(17-15-32)47(37-19-21-41-40-11-5-7-13-44(40)48-45(41)28-37)36-18-20-39-38-10-4-6-12-42(38)46(43(39)27-36)33-23-29-22-30(25-33)26-34(46)24-29;1-2-6-17(7-3-1)18-10-12-19(13-11-18)25-20-14-15-22-21-8-4-5-9-23(21)26-24(22)16-20;23-17-5-6-19-18-3-1-2-4-20(18)22(21(19)12-17)15-8-13-7-14(10-15)11-16(22)9-13/h1-21,27-30,33-34H,22-26H2;1-16,25H;1-6,12-16H,7-11H2. The Morgan fingerprint density at radius 3 is 1.22 bits per heavy atom. The first kappa shape index (κ1) is 58.1. The fourth-order valence-corrected chi connectivity index (χ4v) is 23.9. The molecule has 24 rings (SSSR count). The minimum absolute atomic E-state index is 0.146. The molecule has 5 heteroatoms. The van der Waals surface area contributed by atoms with Crippen molar-refractivity contribution in [3.05, 3.63) is 306 Å². The first-order valence-corrected chi connectivity index (χ1v) is 37.7. The van der Waals surface area contributed by atoms with Gasteiger partial charge in [0.15, 0.2) is 0 Å². The van der Waals surface area contributed by atoms with Gasteiger partial charge < -0.3 is 10.2 Å². The largest absolute Gasteiger partial charge is 0.355 e. The highest BCUT2D eigenvalue weighted by atomic mass is 35.5. The number of rotatable bonds is 7. The van der Waals surface area contributed by atoms with Crippen molar-refractivity contribution < 1.29 is 0 Å². The third kappa shape index (κ3) is 9.36. The molecule has 2 spiro atoms. The number of halogens is 1. The van der Waals surface area contributed by atoms with Gasteiger partial charge in [-0.15, -0.1) is 22.7 Å². The monoisotopic (exact) mass is 1310 g/mol. The smallest absolute Gasteiger partial charge is 0.0476 e. The average Bonchev–Trinajstić information content (AvgIpc) is 1.57. The summed E-state index contributed by atoms with van der Waals surface area (Å²) in [5.74, 6) is 7.03. The van der Waals surface area contributed by atoms with Gasteiger partial charge in [-0.1, -0.05) is 206 Å². The predicted molar refractivity (Wildman–Crippen MR) is 412 cm³/mol. The van der Waals surface area contributed by atoms with E-state index >= 15 is 0 Å². The molecule has 2 nitrogen and oxygen atoms in total. The van der Waals surface area contributed by atoms with E-state index in [-0.39, 0.29) is 10.8 Å². The summed E-state index contributed by atoms with van der Waals surface area (Å²) < 4.78 is 5.34. The molecule has 8 bridgehead atoms. The van der Waals surface area contributed by atoms with Crippen molar-refractivity contribution in [3.63, 3.8) is 0 Å². The van der Waals surface area contributed by atoms with Gasteiger partial charge in [0.25, 0.3) is 0 Å². The van der Waals surface area contributed by atoms with Gasteiger partial charge >= 0.3 is 0 Å². The van der Waals surface area contributed by atoms with Crippen LogP contribution in [-0.4, -0.2) is 0 Å². The minimum Gasteiger partial charge on any atom is -0.355 e. The van der Waals surface area contributed by atoms with Gasteiger partial charge in [0.05, 0.1) is 0 Å². The highest BCUT2D eigenvalue weighted by molar-refractivity contribution is 7.26. The lowest BCUT2D eigenvalue weighted by Crippen LogP contribution is -2.55. The van der Waals surface area contributed by atoms with Crippen molar-refractivity contribution in [2.75, 3.05) is 10.2 Å². The van der Waals surface area contributed by atoms with E-state index in [4.69, 9.17) is 11.6 Å². The Hall–Kier alpha value is -9.03. The Morgan fingerprint density at radius 2 is 0.670 bits per heavy atom. The quantitative estimate of drug-likeness (QED) is 0.171. The number of anilines is 5. The summed E-state index contributed by atoms with van der Waals surface area (Å²) >= 11 is 10.2. The fraction of sp³-hybridized carbons (Fsp3) is 0.217. The van der Waals surface area contributed by atoms with Crippen molar-refractivity contribution in [1.82, 2.24) is 0 Å². The molecule has 0 radical (unpaired) electrons. The molecule has 10 aliphatic carbocycles. The lowest BCUT2D eigenvalue weighted by atomic mass is 9.43. The second kappa shape index (κ2) is 23.1. The van der Waals surface area contributed by atoms with Crippen molar-refractivity contribution in [1.29, 1.82) is 0 Å². The zero-order valence-corrected chi connectivity index (χ0v) is 56.8. The molecule has 14 aromatic rings. The summed E-state index contributed by atoms with van der Waals surface area (Å²) in [4.78, 5) is 2.52. The van der Waals surface area contributed by atoms with Crippen LogP contribution in [0.25, 0.3) is 84.9 Å². The van der Waals surface area contributed by atoms with E-state index in [0.717, 1.165) is 63.7 Å². The van der Waals surface area contributed by atoms with Crippen LogP contribution >= 0.6 is 34.3 Å². The van der Waals surface area contributed by atoms with E-state index in [1.165, 1.54) is 166 Å². The van der Waals surface area contributed by atoms with Gasteiger partial charge in [0.1, 0.15) is 0 Å². The van der Waals surface area contributed by atoms with Crippen LogP contribution in [0, 0.1) is 47.3 Å². The molecule has 1 N–H and O–H groups in total. The second-order valence-electron chi connectivity index (χ2n) is 29.8. The number of nitrogens with one attached hydrogen (secondary N) is 1. The second-order valence-corrected chi connectivity index (χ2v) is 32.4. The summed E-state index contributed by atoms with van der Waals surface area (Å²) in [6, 6.07) is 103. The summed E-state index contributed by atoms with van der Waals surface area (Å²) in [5, 5.41) is 9.79. The Bertz CT molecular complexity index is 5320. The molecular weight excluding hydrogens is 1230 g/mol. The molecule has 0 unspecified atom stereocenters.